The second-order valence-electron chi connectivity index (χ2n) is 3.69. The Labute approximate surface area is 98.8 Å². The standard InChI is InChI=1S/C10H15N5O2/c11-8(16)5-12-9-6-13-15-10(14-9)7-1-3-17-4-2-7/h1,13H,2-6H2,(H2,11,16)(H,12,14,15). The summed E-state index contributed by atoms with van der Waals surface area (Å²) >= 11 is 0. The fourth-order valence-electron chi connectivity index (χ4n) is 1.56. The summed E-state index contributed by atoms with van der Waals surface area (Å²) in [5.74, 6) is 0.853. The minimum atomic E-state index is -0.460. The van der Waals surface area contributed by atoms with E-state index < -0.39 is 5.91 Å². The molecular weight excluding hydrogens is 222 g/mol. The number of amides is 1. The number of nitrogens with two attached hydrogens (primary N) is 1. The van der Waals surface area contributed by atoms with Crippen LogP contribution in [0.15, 0.2) is 21.6 Å². The molecule has 1 amide bonds. The molecule has 0 fully saturated rings. The summed E-state index contributed by atoms with van der Waals surface area (Å²) in [6, 6.07) is 0. The van der Waals surface area contributed by atoms with Crippen LogP contribution in [-0.2, 0) is 9.53 Å². The molecule has 2 rings (SSSR count). The van der Waals surface area contributed by atoms with E-state index in [2.05, 4.69) is 20.8 Å². The van der Waals surface area contributed by atoms with Crippen molar-refractivity contribution in [3.05, 3.63) is 11.6 Å². The van der Waals surface area contributed by atoms with Crippen LogP contribution in [0.25, 0.3) is 0 Å². The second kappa shape index (κ2) is 5.55. The van der Waals surface area contributed by atoms with E-state index in [4.69, 9.17) is 10.5 Å². The summed E-state index contributed by atoms with van der Waals surface area (Å²) in [4.78, 5) is 19.0. The third-order valence-corrected chi connectivity index (χ3v) is 2.38. The van der Waals surface area contributed by atoms with E-state index in [0.29, 0.717) is 25.6 Å². The Hall–Kier alpha value is -1.73. The lowest BCUT2D eigenvalue weighted by molar-refractivity contribution is -0.116. The number of primary amides is 1. The number of nitrogens with zero attached hydrogens (tertiary/aromatic N) is 2. The molecular formula is C10H15N5O2. The lowest BCUT2D eigenvalue weighted by atomic mass is 10.1. The first-order valence-corrected chi connectivity index (χ1v) is 5.42. The van der Waals surface area contributed by atoms with Crippen molar-refractivity contribution in [2.24, 2.45) is 15.7 Å². The molecule has 0 aliphatic carbocycles. The van der Waals surface area contributed by atoms with Crippen LogP contribution in [0.4, 0.5) is 0 Å². The van der Waals surface area contributed by atoms with Gasteiger partial charge in [-0.15, -0.1) is 0 Å². The molecule has 92 valence electrons. The Balaban J connectivity index is 2.09. The largest absolute Gasteiger partial charge is 0.377 e. The fraction of sp³-hybridized carbons (Fsp3) is 0.500. The number of hydrogen-bond acceptors (Lipinski definition) is 5. The highest BCUT2D eigenvalue weighted by atomic mass is 16.5. The quantitative estimate of drug-likeness (QED) is 0.569. The normalized spacial score (nSPS) is 22.7. The number of hydrogen-bond donors (Lipinski definition) is 3. The highest BCUT2D eigenvalue weighted by Crippen LogP contribution is 2.09. The minimum absolute atomic E-state index is 0.0318. The summed E-state index contributed by atoms with van der Waals surface area (Å²) in [6.07, 6.45) is 2.80. The summed E-state index contributed by atoms with van der Waals surface area (Å²) in [6.45, 7) is 1.74. The topological polar surface area (TPSA) is 101 Å². The van der Waals surface area contributed by atoms with Gasteiger partial charge in [0.15, 0.2) is 0 Å². The maximum Gasteiger partial charge on any atom is 0.239 e. The number of rotatable bonds is 3. The van der Waals surface area contributed by atoms with E-state index in [9.17, 15) is 4.79 Å². The van der Waals surface area contributed by atoms with Gasteiger partial charge in [0.25, 0.3) is 0 Å². The fourth-order valence-corrected chi connectivity index (χ4v) is 1.56. The van der Waals surface area contributed by atoms with E-state index in [-0.39, 0.29) is 6.54 Å². The molecule has 17 heavy (non-hydrogen) atoms. The summed E-state index contributed by atoms with van der Waals surface area (Å²) in [7, 11) is 0. The molecule has 2 heterocycles. The summed E-state index contributed by atoms with van der Waals surface area (Å²) < 4.78 is 5.23. The van der Waals surface area contributed by atoms with E-state index in [1.807, 2.05) is 6.08 Å². The number of ether oxygens (including phenoxy) is 1. The SMILES string of the molecule is NC(=O)CN=C1CNNC(C2=CCOCC2)=N1. The molecule has 0 saturated carbocycles. The third-order valence-electron chi connectivity index (χ3n) is 2.38. The first-order valence-electron chi connectivity index (χ1n) is 5.42. The molecule has 0 spiro atoms. The van der Waals surface area contributed by atoms with Crippen molar-refractivity contribution in [2.75, 3.05) is 26.3 Å². The molecule has 0 aromatic rings. The maximum absolute atomic E-state index is 10.6. The zero-order valence-electron chi connectivity index (χ0n) is 9.40. The predicted octanol–water partition coefficient (Wildman–Crippen LogP) is -1.28. The summed E-state index contributed by atoms with van der Waals surface area (Å²) in [5.41, 5.74) is 12.1. The van der Waals surface area contributed by atoms with Crippen molar-refractivity contribution >= 4 is 17.6 Å². The molecule has 7 heteroatoms. The average molecular weight is 237 g/mol. The van der Waals surface area contributed by atoms with Gasteiger partial charge in [-0.25, -0.2) is 10.4 Å². The predicted molar refractivity (Wildman–Crippen MR) is 63.6 cm³/mol. The van der Waals surface area contributed by atoms with Crippen molar-refractivity contribution in [1.82, 2.24) is 10.9 Å². The molecule has 0 bridgehead atoms. The van der Waals surface area contributed by atoms with Crippen LogP contribution in [0.5, 0.6) is 0 Å². The van der Waals surface area contributed by atoms with E-state index in [0.717, 1.165) is 17.8 Å². The second-order valence-corrected chi connectivity index (χ2v) is 3.69. The van der Waals surface area contributed by atoms with Gasteiger partial charge >= 0.3 is 0 Å². The molecule has 7 nitrogen and oxygen atoms in total. The molecule has 0 aromatic heterocycles. The first kappa shape index (κ1) is 11.7. The molecule has 2 aliphatic rings. The Morgan fingerprint density at radius 1 is 1.65 bits per heavy atom. The number of carbonyl (C=O) groups is 1. The lowest BCUT2D eigenvalue weighted by Crippen LogP contribution is -2.46. The van der Waals surface area contributed by atoms with Gasteiger partial charge in [0.1, 0.15) is 18.2 Å². The minimum Gasteiger partial charge on any atom is -0.377 e. The van der Waals surface area contributed by atoms with Crippen LogP contribution < -0.4 is 16.6 Å². The molecule has 2 aliphatic heterocycles. The summed E-state index contributed by atoms with van der Waals surface area (Å²) in [5, 5.41) is 0. The third kappa shape index (κ3) is 3.36. The molecule has 0 atom stereocenters. The number of nitrogens with one attached hydrogen (secondary N) is 2. The van der Waals surface area contributed by atoms with Gasteiger partial charge in [-0.2, -0.15) is 0 Å². The van der Waals surface area contributed by atoms with Crippen LogP contribution in [0, 0.1) is 0 Å². The van der Waals surface area contributed by atoms with Crippen LogP contribution in [0.3, 0.4) is 0 Å². The lowest BCUT2D eigenvalue weighted by Gasteiger charge is -2.21. The Morgan fingerprint density at radius 2 is 2.53 bits per heavy atom. The zero-order chi connectivity index (χ0) is 12.1. The van der Waals surface area contributed by atoms with E-state index in [1.165, 1.54) is 0 Å². The number of carbonyl (C=O) groups excluding carboxylic acids is 1. The van der Waals surface area contributed by atoms with Crippen molar-refractivity contribution < 1.29 is 9.53 Å². The van der Waals surface area contributed by atoms with Crippen LogP contribution in [0.1, 0.15) is 6.42 Å². The van der Waals surface area contributed by atoms with Crippen molar-refractivity contribution in [2.45, 2.75) is 6.42 Å². The average Bonchev–Trinajstić information content (AvgIpc) is 2.38. The molecule has 4 N–H and O–H groups in total. The van der Waals surface area contributed by atoms with Gasteiger partial charge in [0, 0.05) is 0 Å². The van der Waals surface area contributed by atoms with Gasteiger partial charge < -0.3 is 15.9 Å². The van der Waals surface area contributed by atoms with Crippen molar-refractivity contribution in [1.29, 1.82) is 0 Å². The first-order chi connectivity index (χ1) is 8.25. The van der Waals surface area contributed by atoms with Gasteiger partial charge in [-0.05, 0) is 12.0 Å². The van der Waals surface area contributed by atoms with Crippen molar-refractivity contribution in [3.63, 3.8) is 0 Å². The Morgan fingerprint density at radius 3 is 3.24 bits per heavy atom. The van der Waals surface area contributed by atoms with Crippen LogP contribution in [-0.4, -0.2) is 43.9 Å². The molecule has 0 saturated heterocycles. The molecule has 0 unspecified atom stereocenters. The number of hydrazine groups is 1. The maximum atomic E-state index is 10.6. The Kier molecular flexibility index (Phi) is 3.84. The van der Waals surface area contributed by atoms with Crippen molar-refractivity contribution in [3.8, 4) is 0 Å². The van der Waals surface area contributed by atoms with Gasteiger partial charge in [-0.3, -0.25) is 9.79 Å². The monoisotopic (exact) mass is 237 g/mol. The number of amidine groups is 2. The molecule has 0 radical (unpaired) electrons. The van der Waals surface area contributed by atoms with Gasteiger partial charge in [-0.1, -0.05) is 6.08 Å². The highest BCUT2D eigenvalue weighted by molar-refractivity contribution is 6.08. The zero-order valence-corrected chi connectivity index (χ0v) is 9.40. The Bertz CT molecular complexity index is 400. The van der Waals surface area contributed by atoms with Crippen LogP contribution in [0.2, 0.25) is 0 Å². The highest BCUT2D eigenvalue weighted by Gasteiger charge is 2.15. The van der Waals surface area contributed by atoms with E-state index >= 15 is 0 Å². The number of aliphatic imine (C=N–C) groups is 2. The van der Waals surface area contributed by atoms with E-state index in [1.54, 1.807) is 0 Å². The van der Waals surface area contributed by atoms with Gasteiger partial charge in [0.05, 0.1) is 19.8 Å². The smallest absolute Gasteiger partial charge is 0.239 e. The van der Waals surface area contributed by atoms with Gasteiger partial charge in [0.2, 0.25) is 5.91 Å². The molecule has 0 aromatic carbocycles. The van der Waals surface area contributed by atoms with Crippen LogP contribution >= 0.6 is 0 Å².